The molecule has 1 saturated heterocycles. The van der Waals surface area contributed by atoms with Crippen molar-refractivity contribution in [2.75, 3.05) is 39.8 Å². The molecule has 0 radical (unpaired) electrons. The van der Waals surface area contributed by atoms with E-state index in [4.69, 9.17) is 0 Å². The number of piperazine rings is 1. The Morgan fingerprint density at radius 3 is 2.13 bits per heavy atom. The van der Waals surface area contributed by atoms with E-state index in [0.29, 0.717) is 6.04 Å². The standard InChI is InChI=1S/C12H27N3/c1-11(10-13-12(2,3)4)15-8-6-14(5)7-9-15/h11,13H,6-10H2,1-5H3. The highest BCUT2D eigenvalue weighted by atomic mass is 15.3. The van der Waals surface area contributed by atoms with E-state index in [-0.39, 0.29) is 5.54 Å². The topological polar surface area (TPSA) is 18.5 Å². The Labute approximate surface area is 94.8 Å². The van der Waals surface area contributed by atoms with Crippen LogP contribution in [0.1, 0.15) is 27.7 Å². The molecule has 3 heteroatoms. The first-order chi connectivity index (χ1) is 6.88. The molecule has 0 bridgehead atoms. The van der Waals surface area contributed by atoms with Gasteiger partial charge in [0.25, 0.3) is 0 Å². The van der Waals surface area contributed by atoms with Crippen LogP contribution >= 0.6 is 0 Å². The van der Waals surface area contributed by atoms with Gasteiger partial charge < -0.3 is 10.2 Å². The monoisotopic (exact) mass is 213 g/mol. The smallest absolute Gasteiger partial charge is 0.0193 e. The zero-order valence-electron chi connectivity index (χ0n) is 11.0. The summed E-state index contributed by atoms with van der Waals surface area (Å²) >= 11 is 0. The Bertz CT molecular complexity index is 178. The summed E-state index contributed by atoms with van der Waals surface area (Å²) in [6.45, 7) is 14.9. The number of nitrogens with one attached hydrogen (secondary N) is 1. The van der Waals surface area contributed by atoms with Crippen molar-refractivity contribution in [1.82, 2.24) is 15.1 Å². The molecule has 1 unspecified atom stereocenters. The summed E-state index contributed by atoms with van der Waals surface area (Å²) in [6, 6.07) is 0.651. The van der Waals surface area contributed by atoms with Gasteiger partial charge in [-0.3, -0.25) is 4.90 Å². The van der Waals surface area contributed by atoms with E-state index in [1.165, 1.54) is 26.2 Å². The van der Waals surface area contributed by atoms with Gasteiger partial charge in [-0.05, 0) is 34.7 Å². The number of rotatable bonds is 3. The molecule has 0 spiro atoms. The first-order valence-corrected chi connectivity index (χ1v) is 6.06. The highest BCUT2D eigenvalue weighted by Crippen LogP contribution is 2.06. The van der Waals surface area contributed by atoms with Crippen LogP contribution in [-0.4, -0.2) is 61.2 Å². The predicted octanol–water partition coefficient (Wildman–Crippen LogP) is 1.01. The van der Waals surface area contributed by atoms with E-state index in [1.54, 1.807) is 0 Å². The summed E-state index contributed by atoms with van der Waals surface area (Å²) in [4.78, 5) is 4.99. The minimum absolute atomic E-state index is 0.237. The SMILES string of the molecule is CC(CNC(C)(C)C)N1CCN(C)CC1. The van der Waals surface area contributed by atoms with Gasteiger partial charge in [-0.2, -0.15) is 0 Å². The van der Waals surface area contributed by atoms with Crippen LogP contribution in [0.5, 0.6) is 0 Å². The number of hydrogen-bond donors (Lipinski definition) is 1. The third-order valence-electron chi connectivity index (χ3n) is 3.09. The Hall–Kier alpha value is -0.120. The average molecular weight is 213 g/mol. The number of likely N-dealkylation sites (N-methyl/N-ethyl adjacent to an activating group) is 1. The highest BCUT2D eigenvalue weighted by molar-refractivity contribution is 4.79. The third kappa shape index (κ3) is 4.96. The largest absolute Gasteiger partial charge is 0.311 e. The van der Waals surface area contributed by atoms with E-state index in [0.717, 1.165) is 6.54 Å². The quantitative estimate of drug-likeness (QED) is 0.755. The minimum Gasteiger partial charge on any atom is -0.311 e. The summed E-state index contributed by atoms with van der Waals surface area (Å²) in [5.41, 5.74) is 0.237. The van der Waals surface area contributed by atoms with Crippen molar-refractivity contribution in [1.29, 1.82) is 0 Å². The molecular weight excluding hydrogens is 186 g/mol. The molecule has 0 amide bonds. The van der Waals surface area contributed by atoms with Crippen LogP contribution in [0.2, 0.25) is 0 Å². The maximum Gasteiger partial charge on any atom is 0.0193 e. The first kappa shape index (κ1) is 12.9. The van der Waals surface area contributed by atoms with Crippen molar-refractivity contribution in [2.45, 2.75) is 39.3 Å². The lowest BCUT2D eigenvalue weighted by Crippen LogP contribution is -2.52. The van der Waals surface area contributed by atoms with Crippen molar-refractivity contribution < 1.29 is 0 Å². The van der Waals surface area contributed by atoms with Crippen molar-refractivity contribution in [3.05, 3.63) is 0 Å². The fourth-order valence-corrected chi connectivity index (χ4v) is 1.85. The number of hydrogen-bond acceptors (Lipinski definition) is 3. The molecule has 1 atom stereocenters. The fourth-order valence-electron chi connectivity index (χ4n) is 1.85. The van der Waals surface area contributed by atoms with Gasteiger partial charge in [0.1, 0.15) is 0 Å². The van der Waals surface area contributed by atoms with Crippen LogP contribution in [0.3, 0.4) is 0 Å². The lowest BCUT2D eigenvalue weighted by Gasteiger charge is -2.37. The second-order valence-electron chi connectivity index (χ2n) is 5.82. The maximum atomic E-state index is 3.57. The number of nitrogens with zero attached hydrogens (tertiary/aromatic N) is 2. The van der Waals surface area contributed by atoms with Crippen molar-refractivity contribution in [3.63, 3.8) is 0 Å². The summed E-state index contributed by atoms with van der Waals surface area (Å²) in [5, 5.41) is 3.57. The van der Waals surface area contributed by atoms with Crippen molar-refractivity contribution in [2.24, 2.45) is 0 Å². The summed E-state index contributed by atoms with van der Waals surface area (Å²) in [7, 11) is 2.20. The zero-order valence-corrected chi connectivity index (χ0v) is 11.0. The molecule has 15 heavy (non-hydrogen) atoms. The molecule has 0 aromatic carbocycles. The predicted molar refractivity (Wildman–Crippen MR) is 66.3 cm³/mol. The van der Waals surface area contributed by atoms with Gasteiger partial charge in [0.05, 0.1) is 0 Å². The highest BCUT2D eigenvalue weighted by Gasteiger charge is 2.20. The Morgan fingerprint density at radius 1 is 1.13 bits per heavy atom. The van der Waals surface area contributed by atoms with Crippen molar-refractivity contribution in [3.8, 4) is 0 Å². The molecule has 3 nitrogen and oxygen atoms in total. The van der Waals surface area contributed by atoms with E-state index < -0.39 is 0 Å². The Kier molecular flexibility index (Phi) is 4.56. The molecule has 1 rings (SSSR count). The van der Waals surface area contributed by atoms with E-state index in [2.05, 4.69) is 49.9 Å². The Morgan fingerprint density at radius 2 is 1.67 bits per heavy atom. The van der Waals surface area contributed by atoms with Gasteiger partial charge in [0, 0.05) is 44.3 Å². The van der Waals surface area contributed by atoms with Crippen LogP contribution in [0.15, 0.2) is 0 Å². The first-order valence-electron chi connectivity index (χ1n) is 6.06. The van der Waals surface area contributed by atoms with E-state index in [1.807, 2.05) is 0 Å². The summed E-state index contributed by atoms with van der Waals surface area (Å²) in [6.07, 6.45) is 0. The molecule has 90 valence electrons. The molecule has 1 heterocycles. The molecule has 0 aromatic heterocycles. The molecule has 0 saturated carbocycles. The van der Waals surface area contributed by atoms with Crippen LogP contribution in [0.25, 0.3) is 0 Å². The van der Waals surface area contributed by atoms with Crippen LogP contribution < -0.4 is 5.32 Å². The van der Waals surface area contributed by atoms with E-state index >= 15 is 0 Å². The van der Waals surface area contributed by atoms with Crippen LogP contribution in [0.4, 0.5) is 0 Å². The van der Waals surface area contributed by atoms with Gasteiger partial charge >= 0.3 is 0 Å². The maximum absolute atomic E-state index is 3.57. The van der Waals surface area contributed by atoms with Gasteiger partial charge in [0.15, 0.2) is 0 Å². The molecule has 1 aliphatic heterocycles. The molecule has 1 fully saturated rings. The van der Waals surface area contributed by atoms with E-state index in [9.17, 15) is 0 Å². The molecular formula is C12H27N3. The second-order valence-corrected chi connectivity index (χ2v) is 5.82. The zero-order chi connectivity index (χ0) is 11.5. The van der Waals surface area contributed by atoms with Crippen LogP contribution in [-0.2, 0) is 0 Å². The molecule has 0 aromatic rings. The molecule has 1 N–H and O–H groups in total. The normalized spacial score (nSPS) is 23.0. The summed E-state index contributed by atoms with van der Waals surface area (Å²) < 4.78 is 0. The van der Waals surface area contributed by atoms with Crippen LogP contribution in [0, 0.1) is 0 Å². The molecule has 0 aliphatic carbocycles. The van der Waals surface area contributed by atoms with Crippen molar-refractivity contribution >= 4 is 0 Å². The van der Waals surface area contributed by atoms with Gasteiger partial charge in [-0.1, -0.05) is 0 Å². The van der Waals surface area contributed by atoms with Gasteiger partial charge in [-0.25, -0.2) is 0 Å². The summed E-state index contributed by atoms with van der Waals surface area (Å²) in [5.74, 6) is 0. The lowest BCUT2D eigenvalue weighted by atomic mass is 10.1. The van der Waals surface area contributed by atoms with Gasteiger partial charge in [0.2, 0.25) is 0 Å². The van der Waals surface area contributed by atoms with Gasteiger partial charge in [-0.15, -0.1) is 0 Å². The Balaban J connectivity index is 2.25. The molecule has 1 aliphatic rings. The fraction of sp³-hybridized carbons (Fsp3) is 1.00. The lowest BCUT2D eigenvalue weighted by molar-refractivity contribution is 0.114. The second kappa shape index (κ2) is 5.28. The third-order valence-corrected chi connectivity index (χ3v) is 3.09. The average Bonchev–Trinajstić information content (AvgIpc) is 2.14. The minimum atomic E-state index is 0.237.